The minimum atomic E-state index is -3.35. The molecule has 11 nitrogen and oxygen atoms in total. The molecule has 3 aromatic carbocycles. The molecule has 250 valence electrons. The lowest BCUT2D eigenvalue weighted by molar-refractivity contribution is -0.146. The Morgan fingerprint density at radius 3 is 2.58 bits per heavy atom. The molecule has 0 saturated carbocycles. The van der Waals surface area contributed by atoms with Crippen LogP contribution in [0.25, 0.3) is 16.6 Å². The van der Waals surface area contributed by atoms with E-state index in [2.05, 4.69) is 15.4 Å². The number of halogens is 1. The summed E-state index contributed by atoms with van der Waals surface area (Å²) in [4.78, 5) is 29.5. The molecule has 0 aliphatic carbocycles. The Bertz CT molecular complexity index is 2040. The Morgan fingerprint density at radius 1 is 1.10 bits per heavy atom. The van der Waals surface area contributed by atoms with E-state index >= 15 is 4.11 Å². The maximum absolute atomic E-state index is 16.2. The Hall–Kier alpha value is -4.59. The summed E-state index contributed by atoms with van der Waals surface area (Å²) < 4.78 is 31.9. The lowest BCUT2D eigenvalue weighted by Crippen LogP contribution is -2.45. The fraction of sp³-hybridized carbons (Fsp3) is 0.371. The maximum Gasteiger partial charge on any atom is 0.279 e. The highest BCUT2D eigenvalue weighted by Crippen LogP contribution is 2.60. The van der Waals surface area contributed by atoms with E-state index in [9.17, 15) is 14.7 Å². The molecule has 4 heterocycles. The number of H-pyrrole nitrogens is 1. The molecule has 48 heavy (non-hydrogen) atoms. The first kappa shape index (κ1) is 32.0. The first-order chi connectivity index (χ1) is 23.0. The number of anilines is 1. The van der Waals surface area contributed by atoms with Gasteiger partial charge < -0.3 is 23.6 Å². The van der Waals surface area contributed by atoms with Crippen LogP contribution in [0.1, 0.15) is 30.2 Å². The van der Waals surface area contributed by atoms with Crippen LogP contribution in [0.5, 0.6) is 5.75 Å². The van der Waals surface area contributed by atoms with Crippen molar-refractivity contribution in [1.82, 2.24) is 24.8 Å². The van der Waals surface area contributed by atoms with E-state index in [-0.39, 0.29) is 24.6 Å². The third-order valence-electron chi connectivity index (χ3n) is 9.89. The molecule has 0 bridgehead atoms. The molecular formula is C35H39FN6O5Si. The molecule has 1 saturated heterocycles. The van der Waals surface area contributed by atoms with Gasteiger partial charge in [-0.1, -0.05) is 36.4 Å². The summed E-state index contributed by atoms with van der Waals surface area (Å²) in [5.41, 5.74) is 2.35. The van der Waals surface area contributed by atoms with Crippen LogP contribution in [-0.4, -0.2) is 64.0 Å². The van der Waals surface area contributed by atoms with Crippen LogP contribution in [0.15, 0.2) is 77.7 Å². The Labute approximate surface area is 278 Å². The van der Waals surface area contributed by atoms with Crippen molar-refractivity contribution in [1.29, 1.82) is 0 Å². The molecular weight excluding hydrogens is 632 g/mol. The van der Waals surface area contributed by atoms with Crippen LogP contribution in [-0.2, 0) is 34.6 Å². The number of para-hydroxylation sites is 1. The van der Waals surface area contributed by atoms with Gasteiger partial charge in [-0.3, -0.25) is 19.4 Å². The van der Waals surface area contributed by atoms with Crippen LogP contribution in [0, 0.1) is 5.92 Å². The normalized spacial score (nSPS) is 22.2. The summed E-state index contributed by atoms with van der Waals surface area (Å²) in [5.74, 6) is -0.0946. The predicted octanol–water partition coefficient (Wildman–Crippen LogP) is 4.87. The minimum Gasteiger partial charge on any atom is -0.497 e. The van der Waals surface area contributed by atoms with E-state index in [0.717, 1.165) is 11.1 Å². The third kappa shape index (κ3) is 5.26. The fourth-order valence-electron chi connectivity index (χ4n) is 7.69. The van der Waals surface area contributed by atoms with E-state index < -0.39 is 31.6 Å². The number of rotatable bonds is 10. The number of hydrogen-bond donors (Lipinski definition) is 2. The molecule has 7 rings (SSSR count). The largest absolute Gasteiger partial charge is 0.497 e. The number of aromatic amines is 1. The van der Waals surface area contributed by atoms with E-state index in [4.69, 9.17) is 9.47 Å². The summed E-state index contributed by atoms with van der Waals surface area (Å²) in [6, 6.07) is 20.4. The number of aliphatic hydroxyl groups is 1. The van der Waals surface area contributed by atoms with Gasteiger partial charge in [0, 0.05) is 42.8 Å². The third-order valence-corrected chi connectivity index (χ3v) is 12.3. The number of benzene rings is 3. The number of nitrogens with one attached hydrogen (secondary N) is 1. The number of amides is 1. The van der Waals surface area contributed by atoms with E-state index in [1.165, 1.54) is 4.68 Å². The summed E-state index contributed by atoms with van der Waals surface area (Å²) in [7, 11) is -1.77. The lowest BCUT2D eigenvalue weighted by Gasteiger charge is -2.31. The summed E-state index contributed by atoms with van der Waals surface area (Å²) >= 11 is 0. The van der Waals surface area contributed by atoms with Crippen LogP contribution in [0.4, 0.5) is 9.80 Å². The first-order valence-corrected chi connectivity index (χ1v) is 19.2. The summed E-state index contributed by atoms with van der Waals surface area (Å²) in [6.07, 6.45) is 2.09. The quantitative estimate of drug-likeness (QED) is 0.160. The maximum atomic E-state index is 16.2. The van der Waals surface area contributed by atoms with E-state index in [1.54, 1.807) is 42.0 Å². The van der Waals surface area contributed by atoms with Gasteiger partial charge in [-0.05, 0) is 67.5 Å². The van der Waals surface area contributed by atoms with Crippen LogP contribution in [0.2, 0.25) is 18.6 Å². The number of aromatic nitrogens is 5. The number of fused-ring (bicyclic) bond motifs is 3. The van der Waals surface area contributed by atoms with Crippen molar-refractivity contribution in [3.8, 4) is 11.4 Å². The van der Waals surface area contributed by atoms with Crippen LogP contribution < -0.4 is 15.2 Å². The second kappa shape index (κ2) is 12.1. The van der Waals surface area contributed by atoms with Gasteiger partial charge in [0.25, 0.3) is 11.5 Å². The number of nitrogens with zero attached hydrogens (tertiary/aromatic N) is 5. The van der Waals surface area contributed by atoms with Gasteiger partial charge in [0.2, 0.25) is 8.41 Å². The lowest BCUT2D eigenvalue weighted by atomic mass is 9.82. The van der Waals surface area contributed by atoms with Crippen molar-refractivity contribution in [2.45, 2.75) is 63.2 Å². The molecule has 13 heteroatoms. The second-order valence-corrected chi connectivity index (χ2v) is 17.0. The van der Waals surface area contributed by atoms with Gasteiger partial charge in [-0.25, -0.2) is 4.68 Å². The standard InChI is InChI=1S/C35H39FN6O5Si/c1-22-32(48(3,4)36)31(15-17-40-21-24(16-18-43)37-39-40)47-35(22)28-19-26(46-2)13-14-30(28)41(34(35)45)20-23-9-11-25(12-10-23)42-33(44)27-7-5-6-8-29(27)38-42/h5-14,19,21-22,31-32,38,43H,15-18,20H2,1-4H3/t22-,31+,32-,35+/m1/s1. The van der Waals surface area contributed by atoms with E-state index in [0.29, 0.717) is 53.2 Å². The molecule has 0 radical (unpaired) electrons. The Morgan fingerprint density at radius 2 is 1.88 bits per heavy atom. The highest BCUT2D eigenvalue weighted by molar-refractivity contribution is 6.72. The number of aliphatic hydroxyl groups excluding tert-OH is 1. The van der Waals surface area contributed by atoms with Crippen molar-refractivity contribution < 1.29 is 23.5 Å². The zero-order valence-electron chi connectivity index (χ0n) is 27.4. The first-order valence-electron chi connectivity index (χ1n) is 16.2. The van der Waals surface area contributed by atoms with Crippen LogP contribution in [0.3, 0.4) is 0 Å². The van der Waals surface area contributed by atoms with Crippen molar-refractivity contribution >= 4 is 30.9 Å². The van der Waals surface area contributed by atoms with Gasteiger partial charge in [0.15, 0.2) is 5.60 Å². The number of methoxy groups -OCH3 is 1. The molecule has 2 aromatic heterocycles. The average Bonchev–Trinajstić information content (AvgIpc) is 3.80. The van der Waals surface area contributed by atoms with Crippen LogP contribution >= 0.6 is 0 Å². The van der Waals surface area contributed by atoms with Gasteiger partial charge in [-0.2, -0.15) is 0 Å². The Balaban J connectivity index is 1.20. The number of carbonyl (C=O) groups is 1. The van der Waals surface area contributed by atoms with Gasteiger partial charge >= 0.3 is 0 Å². The molecule has 2 N–H and O–H groups in total. The molecule has 1 fully saturated rings. The highest BCUT2D eigenvalue weighted by atomic mass is 28.4. The number of hydrogen-bond acceptors (Lipinski definition) is 7. The predicted molar refractivity (Wildman–Crippen MR) is 182 cm³/mol. The molecule has 2 aliphatic rings. The number of aryl methyl sites for hydroxylation is 1. The molecule has 5 aromatic rings. The molecule has 1 spiro atoms. The van der Waals surface area contributed by atoms with Crippen molar-refractivity contribution in [2.75, 3.05) is 18.6 Å². The van der Waals surface area contributed by atoms with E-state index in [1.807, 2.05) is 67.6 Å². The molecule has 0 unspecified atom stereocenters. The van der Waals surface area contributed by atoms with Gasteiger partial charge in [0.05, 0.1) is 47.7 Å². The number of ether oxygens (including phenoxy) is 2. The van der Waals surface area contributed by atoms with Gasteiger partial charge in [0.1, 0.15) is 5.75 Å². The second-order valence-electron chi connectivity index (χ2n) is 13.2. The van der Waals surface area contributed by atoms with Crippen molar-refractivity contribution in [3.63, 3.8) is 0 Å². The van der Waals surface area contributed by atoms with Crippen molar-refractivity contribution in [2.24, 2.45) is 5.92 Å². The average molecular weight is 671 g/mol. The highest BCUT2D eigenvalue weighted by Gasteiger charge is 2.66. The smallest absolute Gasteiger partial charge is 0.279 e. The monoisotopic (exact) mass is 670 g/mol. The molecule has 2 aliphatic heterocycles. The SMILES string of the molecule is COc1ccc2c(c1)[C@]1(O[C@@H](CCn3cc(CCO)nn3)[C@H]([Si](C)(C)F)[C@H]1C)C(=O)N2Cc1ccc(-n2[nH]c3ccccc3c2=O)cc1. The van der Waals surface area contributed by atoms with Gasteiger partial charge in [-0.15, -0.1) is 5.10 Å². The molecule has 1 amide bonds. The topological polar surface area (TPSA) is 127 Å². The Kier molecular flexibility index (Phi) is 8.08. The summed E-state index contributed by atoms with van der Waals surface area (Å²) in [6.45, 7) is 5.97. The van der Waals surface area contributed by atoms with Crippen molar-refractivity contribution in [3.05, 3.63) is 100 Å². The summed E-state index contributed by atoms with van der Waals surface area (Å²) in [5, 5.41) is 21.3. The zero-order chi connectivity index (χ0) is 33.8. The fourth-order valence-corrected chi connectivity index (χ4v) is 10.2. The molecule has 4 atom stereocenters. The zero-order valence-corrected chi connectivity index (χ0v) is 28.4. The minimum absolute atomic E-state index is 0.0239. The number of carbonyl (C=O) groups excluding carboxylic acids is 1.